The summed E-state index contributed by atoms with van der Waals surface area (Å²) in [5.41, 5.74) is 6.69. The lowest BCUT2D eigenvalue weighted by Crippen LogP contribution is -2.57. The summed E-state index contributed by atoms with van der Waals surface area (Å²) >= 11 is 0. The van der Waals surface area contributed by atoms with E-state index in [0.717, 1.165) is 5.56 Å². The Morgan fingerprint density at radius 1 is 0.878 bits per heavy atom. The average Bonchev–Trinajstić information content (AvgIpc) is 3.55. The summed E-state index contributed by atoms with van der Waals surface area (Å²) in [6.45, 7) is 5.36. The molecule has 12 nitrogen and oxygen atoms in total. The number of rotatable bonds is 12. The second-order valence-electron chi connectivity index (χ2n) is 12.8. The number of primary amides is 1. The number of phenols is 1. The zero-order valence-corrected chi connectivity index (χ0v) is 27.8. The number of alkyl carbamates (subject to hydrolysis) is 1. The van der Waals surface area contributed by atoms with Crippen molar-refractivity contribution in [2.45, 2.75) is 70.2 Å². The fourth-order valence-corrected chi connectivity index (χ4v) is 5.45. The first kappa shape index (κ1) is 36.2. The van der Waals surface area contributed by atoms with Gasteiger partial charge in [-0.15, -0.1) is 0 Å². The van der Waals surface area contributed by atoms with Gasteiger partial charge >= 0.3 is 6.09 Å². The minimum absolute atomic E-state index is 0.0515. The molecule has 0 bridgehead atoms. The highest BCUT2D eigenvalue weighted by molar-refractivity contribution is 6.02. The maximum absolute atomic E-state index is 14.0. The molecule has 3 atom stereocenters. The minimum atomic E-state index is -1.13. The van der Waals surface area contributed by atoms with Crippen molar-refractivity contribution in [3.63, 3.8) is 0 Å². The van der Waals surface area contributed by atoms with Gasteiger partial charge in [-0.2, -0.15) is 0 Å². The topological polar surface area (TPSA) is 180 Å². The van der Waals surface area contributed by atoms with Crippen LogP contribution in [-0.4, -0.2) is 70.0 Å². The average molecular weight is 670 g/mol. The lowest BCUT2D eigenvalue weighted by atomic mass is 10.0. The summed E-state index contributed by atoms with van der Waals surface area (Å²) < 4.78 is 5.41. The second-order valence-corrected chi connectivity index (χ2v) is 12.8. The number of hydrogen-bond donors (Lipinski definition) is 5. The van der Waals surface area contributed by atoms with Gasteiger partial charge in [0.2, 0.25) is 17.7 Å². The number of nitrogens with two attached hydrogens (primary N) is 1. The normalized spacial score (nSPS) is 15.9. The van der Waals surface area contributed by atoms with Crippen molar-refractivity contribution in [3.8, 4) is 5.75 Å². The van der Waals surface area contributed by atoms with Crippen LogP contribution in [0.5, 0.6) is 5.75 Å². The van der Waals surface area contributed by atoms with E-state index in [1.807, 2.05) is 24.3 Å². The first-order valence-electron chi connectivity index (χ1n) is 16.1. The van der Waals surface area contributed by atoms with Crippen LogP contribution < -0.4 is 21.7 Å². The van der Waals surface area contributed by atoms with E-state index in [0.29, 0.717) is 24.0 Å². The van der Waals surface area contributed by atoms with Gasteiger partial charge in [0.05, 0.1) is 0 Å². The van der Waals surface area contributed by atoms with Crippen molar-refractivity contribution in [1.29, 1.82) is 0 Å². The molecular formula is C37H43N5O7. The third kappa shape index (κ3) is 11.0. The highest BCUT2D eigenvalue weighted by atomic mass is 16.6. The second kappa shape index (κ2) is 16.4. The number of hydrogen-bond acceptors (Lipinski definition) is 7. The Kier molecular flexibility index (Phi) is 12.1. The molecule has 1 saturated heterocycles. The molecule has 12 heteroatoms. The summed E-state index contributed by atoms with van der Waals surface area (Å²) in [5, 5.41) is 17.8. The first-order valence-corrected chi connectivity index (χ1v) is 16.1. The van der Waals surface area contributed by atoms with Crippen molar-refractivity contribution in [2.75, 3.05) is 6.54 Å². The zero-order valence-electron chi connectivity index (χ0n) is 27.8. The monoisotopic (exact) mass is 669 g/mol. The molecule has 258 valence electrons. The maximum Gasteiger partial charge on any atom is 0.408 e. The van der Waals surface area contributed by atoms with E-state index in [9.17, 15) is 29.1 Å². The van der Waals surface area contributed by atoms with E-state index in [2.05, 4.69) is 16.0 Å². The Morgan fingerprint density at radius 3 is 2.08 bits per heavy atom. The van der Waals surface area contributed by atoms with Crippen LogP contribution in [0.2, 0.25) is 0 Å². The van der Waals surface area contributed by atoms with Gasteiger partial charge in [0, 0.05) is 19.4 Å². The van der Waals surface area contributed by atoms with Crippen LogP contribution in [0.25, 0.3) is 6.08 Å². The van der Waals surface area contributed by atoms with Crippen LogP contribution in [-0.2, 0) is 36.8 Å². The van der Waals surface area contributed by atoms with Gasteiger partial charge in [-0.3, -0.25) is 19.2 Å². The molecule has 1 heterocycles. The van der Waals surface area contributed by atoms with Crippen LogP contribution in [0.1, 0.15) is 50.3 Å². The molecule has 0 unspecified atom stereocenters. The molecule has 0 saturated carbocycles. The van der Waals surface area contributed by atoms with Gasteiger partial charge in [-0.05, 0) is 68.5 Å². The minimum Gasteiger partial charge on any atom is -0.508 e. The number of carbonyl (C=O) groups is 5. The van der Waals surface area contributed by atoms with Crippen LogP contribution in [0.4, 0.5) is 4.79 Å². The van der Waals surface area contributed by atoms with Crippen molar-refractivity contribution < 1.29 is 33.8 Å². The van der Waals surface area contributed by atoms with Crippen molar-refractivity contribution in [2.24, 2.45) is 5.73 Å². The molecule has 3 aromatic rings. The SMILES string of the molecule is CC(C)(C)OC(=O)N[C@@H](Cc1ccc(O)cc1)C(=O)N1CCC[C@H]1C(=O)N[C@@H](Cc1ccccc1)C(=O)N/C(=C\c1ccccc1)C(N)=O. The molecule has 0 aliphatic carbocycles. The number of ether oxygens (including phenoxy) is 1. The van der Waals surface area contributed by atoms with Gasteiger partial charge in [0.25, 0.3) is 5.91 Å². The smallest absolute Gasteiger partial charge is 0.408 e. The van der Waals surface area contributed by atoms with Crippen LogP contribution in [0.15, 0.2) is 90.6 Å². The van der Waals surface area contributed by atoms with E-state index >= 15 is 0 Å². The third-order valence-electron chi connectivity index (χ3n) is 7.75. The van der Waals surface area contributed by atoms with Gasteiger partial charge < -0.3 is 36.4 Å². The number of nitrogens with zero attached hydrogens (tertiary/aromatic N) is 1. The number of phenolic OH excluding ortho intramolecular Hbond substituents is 1. The summed E-state index contributed by atoms with van der Waals surface area (Å²) in [6, 6.07) is 21.0. The molecule has 3 aromatic carbocycles. The number of carbonyl (C=O) groups excluding carboxylic acids is 5. The lowest BCUT2D eigenvalue weighted by molar-refractivity contribution is -0.140. The Morgan fingerprint density at radius 2 is 1.47 bits per heavy atom. The fourth-order valence-electron chi connectivity index (χ4n) is 5.45. The molecule has 6 N–H and O–H groups in total. The molecule has 1 fully saturated rings. The highest BCUT2D eigenvalue weighted by Gasteiger charge is 2.39. The van der Waals surface area contributed by atoms with Crippen molar-refractivity contribution in [3.05, 3.63) is 107 Å². The van der Waals surface area contributed by atoms with Crippen LogP contribution in [0.3, 0.4) is 0 Å². The largest absolute Gasteiger partial charge is 0.508 e. The molecule has 4 rings (SSSR count). The molecule has 5 amide bonds. The van der Waals surface area contributed by atoms with E-state index in [4.69, 9.17) is 10.5 Å². The maximum atomic E-state index is 14.0. The predicted octanol–water partition coefficient (Wildman–Crippen LogP) is 3.19. The summed E-state index contributed by atoms with van der Waals surface area (Å²) in [5.74, 6) is -2.52. The Hall–Kier alpha value is -5.65. The first-order chi connectivity index (χ1) is 23.3. The summed E-state index contributed by atoms with van der Waals surface area (Å²) in [4.78, 5) is 68.0. The van der Waals surface area contributed by atoms with E-state index < -0.39 is 53.4 Å². The Labute approximate surface area is 285 Å². The number of nitrogens with one attached hydrogen (secondary N) is 3. The Bertz CT molecular complexity index is 1650. The standard InChI is InChI=1S/C37H43N5O7/c1-37(2,3)49-36(48)41-30(23-26-16-18-27(43)19-17-26)35(47)42-20-10-15-31(42)34(46)40-29(22-25-13-8-5-9-14-25)33(45)39-28(32(38)44)21-24-11-6-4-7-12-24/h4-9,11-14,16-19,21,29-31,43H,10,15,20,22-23H2,1-3H3,(H2,38,44)(H,39,45)(H,40,46)(H,41,48)/b28-21-/t29-,30-,31-/m0/s1. The summed E-state index contributed by atoms with van der Waals surface area (Å²) in [7, 11) is 0. The molecule has 0 spiro atoms. The molecule has 1 aliphatic heterocycles. The van der Waals surface area contributed by atoms with Gasteiger partial charge in [-0.1, -0.05) is 72.8 Å². The quantitative estimate of drug-likeness (QED) is 0.184. The third-order valence-corrected chi connectivity index (χ3v) is 7.75. The highest BCUT2D eigenvalue weighted by Crippen LogP contribution is 2.21. The number of likely N-dealkylation sites (tertiary alicyclic amines) is 1. The summed E-state index contributed by atoms with van der Waals surface area (Å²) in [6.07, 6.45) is 1.68. The fraction of sp³-hybridized carbons (Fsp3) is 0.324. The van der Waals surface area contributed by atoms with Crippen LogP contribution >= 0.6 is 0 Å². The Balaban J connectivity index is 1.55. The van der Waals surface area contributed by atoms with Crippen LogP contribution in [0, 0.1) is 0 Å². The van der Waals surface area contributed by atoms with E-state index in [-0.39, 0.29) is 30.8 Å². The van der Waals surface area contributed by atoms with Gasteiger partial charge in [0.15, 0.2) is 0 Å². The van der Waals surface area contributed by atoms with Gasteiger partial charge in [-0.25, -0.2) is 4.79 Å². The number of benzene rings is 3. The number of aromatic hydroxyl groups is 1. The number of amides is 5. The lowest BCUT2D eigenvalue weighted by Gasteiger charge is -2.30. The zero-order chi connectivity index (χ0) is 35.6. The van der Waals surface area contributed by atoms with Gasteiger partial charge in [0.1, 0.15) is 35.2 Å². The molecule has 49 heavy (non-hydrogen) atoms. The molecule has 0 radical (unpaired) electrons. The molecular weight excluding hydrogens is 626 g/mol. The molecule has 0 aromatic heterocycles. The van der Waals surface area contributed by atoms with Crippen molar-refractivity contribution in [1.82, 2.24) is 20.9 Å². The predicted molar refractivity (Wildman–Crippen MR) is 184 cm³/mol. The van der Waals surface area contributed by atoms with Crippen molar-refractivity contribution >= 4 is 35.8 Å². The molecule has 1 aliphatic rings. The van der Waals surface area contributed by atoms with E-state index in [1.165, 1.54) is 23.1 Å². The van der Waals surface area contributed by atoms with E-state index in [1.54, 1.807) is 69.3 Å².